The SMILES string of the molecule is COc1ccc(NC(=O)NC[C@@H](C)c2nc(C)cs2)c(Cl)c1. The van der Waals surface area contributed by atoms with Gasteiger partial charge in [0, 0.05) is 29.6 Å². The molecule has 1 aromatic heterocycles. The number of carbonyl (C=O) groups excluding carboxylic acids is 1. The molecule has 0 unspecified atom stereocenters. The fourth-order valence-electron chi connectivity index (χ4n) is 1.82. The highest BCUT2D eigenvalue weighted by molar-refractivity contribution is 7.09. The molecule has 0 aliphatic heterocycles. The van der Waals surface area contributed by atoms with Crippen molar-refractivity contribution in [3.05, 3.63) is 39.3 Å². The van der Waals surface area contributed by atoms with Crippen LogP contribution < -0.4 is 15.4 Å². The van der Waals surface area contributed by atoms with Gasteiger partial charge in [-0.1, -0.05) is 18.5 Å². The number of aromatic nitrogens is 1. The van der Waals surface area contributed by atoms with Crippen LogP contribution in [0.3, 0.4) is 0 Å². The minimum Gasteiger partial charge on any atom is -0.497 e. The Morgan fingerprint density at radius 1 is 1.50 bits per heavy atom. The quantitative estimate of drug-likeness (QED) is 0.864. The van der Waals surface area contributed by atoms with Crippen LogP contribution in [0.2, 0.25) is 5.02 Å². The number of ether oxygens (including phenoxy) is 1. The van der Waals surface area contributed by atoms with E-state index in [1.54, 1.807) is 36.6 Å². The highest BCUT2D eigenvalue weighted by atomic mass is 35.5. The first-order chi connectivity index (χ1) is 10.5. The zero-order valence-electron chi connectivity index (χ0n) is 12.6. The Morgan fingerprint density at radius 2 is 2.27 bits per heavy atom. The minimum atomic E-state index is -0.299. The van der Waals surface area contributed by atoms with Crippen molar-refractivity contribution >= 4 is 34.7 Å². The summed E-state index contributed by atoms with van der Waals surface area (Å²) in [7, 11) is 1.56. The van der Waals surface area contributed by atoms with Gasteiger partial charge in [0.25, 0.3) is 0 Å². The second-order valence-electron chi connectivity index (χ2n) is 4.91. The molecule has 2 amide bonds. The van der Waals surface area contributed by atoms with Crippen molar-refractivity contribution in [2.75, 3.05) is 19.0 Å². The number of nitrogens with zero attached hydrogens (tertiary/aromatic N) is 1. The van der Waals surface area contributed by atoms with Crippen molar-refractivity contribution < 1.29 is 9.53 Å². The van der Waals surface area contributed by atoms with Gasteiger partial charge in [-0.25, -0.2) is 9.78 Å². The van der Waals surface area contributed by atoms with E-state index in [1.807, 2.05) is 19.2 Å². The Morgan fingerprint density at radius 3 is 2.86 bits per heavy atom. The van der Waals surface area contributed by atoms with E-state index in [9.17, 15) is 4.79 Å². The van der Waals surface area contributed by atoms with Gasteiger partial charge in [0.15, 0.2) is 0 Å². The van der Waals surface area contributed by atoms with Gasteiger partial charge in [-0.2, -0.15) is 0 Å². The second kappa shape index (κ2) is 7.47. The molecule has 2 aromatic rings. The van der Waals surface area contributed by atoms with Gasteiger partial charge >= 0.3 is 6.03 Å². The average molecular weight is 340 g/mol. The van der Waals surface area contributed by atoms with Crippen LogP contribution in [-0.4, -0.2) is 24.7 Å². The predicted molar refractivity (Wildman–Crippen MR) is 90.3 cm³/mol. The van der Waals surface area contributed by atoms with E-state index in [1.165, 1.54) is 0 Å². The Bertz CT molecular complexity index is 660. The first kappa shape index (κ1) is 16.6. The smallest absolute Gasteiger partial charge is 0.319 e. The lowest BCUT2D eigenvalue weighted by Crippen LogP contribution is -2.31. The van der Waals surface area contributed by atoms with Crippen molar-refractivity contribution in [3.8, 4) is 5.75 Å². The van der Waals surface area contributed by atoms with Crippen LogP contribution >= 0.6 is 22.9 Å². The summed E-state index contributed by atoms with van der Waals surface area (Å²) in [5, 5.41) is 8.99. The Hall–Kier alpha value is -1.79. The number of urea groups is 1. The van der Waals surface area contributed by atoms with Gasteiger partial charge in [-0.05, 0) is 19.1 Å². The van der Waals surface area contributed by atoms with Crippen molar-refractivity contribution in [3.63, 3.8) is 0 Å². The number of anilines is 1. The number of hydrogen-bond acceptors (Lipinski definition) is 4. The van der Waals surface area contributed by atoms with Gasteiger partial charge in [-0.3, -0.25) is 0 Å². The average Bonchev–Trinajstić information content (AvgIpc) is 2.93. The molecule has 0 bridgehead atoms. The van der Waals surface area contributed by atoms with Crippen molar-refractivity contribution in [2.24, 2.45) is 0 Å². The maximum Gasteiger partial charge on any atom is 0.319 e. The number of methoxy groups -OCH3 is 1. The molecule has 0 saturated carbocycles. The maximum atomic E-state index is 11.9. The van der Waals surface area contributed by atoms with Gasteiger partial charge in [-0.15, -0.1) is 11.3 Å². The van der Waals surface area contributed by atoms with Gasteiger partial charge in [0.05, 0.1) is 22.8 Å². The third-order valence-corrected chi connectivity index (χ3v) is 4.56. The van der Waals surface area contributed by atoms with Gasteiger partial charge in [0.2, 0.25) is 0 Å². The zero-order valence-corrected chi connectivity index (χ0v) is 14.2. The molecule has 0 radical (unpaired) electrons. The largest absolute Gasteiger partial charge is 0.497 e. The highest BCUT2D eigenvalue weighted by Gasteiger charge is 2.12. The Balaban J connectivity index is 1.88. The van der Waals surface area contributed by atoms with Crippen molar-refractivity contribution in [2.45, 2.75) is 19.8 Å². The summed E-state index contributed by atoms with van der Waals surface area (Å²) >= 11 is 7.68. The lowest BCUT2D eigenvalue weighted by Gasteiger charge is -2.12. The summed E-state index contributed by atoms with van der Waals surface area (Å²) < 4.78 is 5.07. The maximum absolute atomic E-state index is 11.9. The topological polar surface area (TPSA) is 63.2 Å². The molecule has 1 heterocycles. The molecule has 2 N–H and O–H groups in total. The summed E-state index contributed by atoms with van der Waals surface area (Å²) in [4.78, 5) is 16.3. The van der Waals surface area contributed by atoms with E-state index in [2.05, 4.69) is 15.6 Å². The summed E-state index contributed by atoms with van der Waals surface area (Å²) in [6, 6.07) is 4.79. The number of carbonyl (C=O) groups is 1. The van der Waals surface area contributed by atoms with Crippen LogP contribution in [0.25, 0.3) is 0 Å². The normalized spacial score (nSPS) is 11.8. The molecule has 1 atom stereocenters. The third-order valence-electron chi connectivity index (χ3n) is 3.05. The molecule has 7 heteroatoms. The van der Waals surface area contributed by atoms with Crippen LogP contribution in [0.4, 0.5) is 10.5 Å². The molecule has 0 aliphatic carbocycles. The monoisotopic (exact) mass is 339 g/mol. The second-order valence-corrected chi connectivity index (χ2v) is 6.21. The molecular weight excluding hydrogens is 322 g/mol. The summed E-state index contributed by atoms with van der Waals surface area (Å²) in [6.07, 6.45) is 0. The lowest BCUT2D eigenvalue weighted by atomic mass is 10.2. The molecule has 0 aliphatic rings. The molecule has 0 spiro atoms. The molecule has 5 nitrogen and oxygen atoms in total. The molecule has 22 heavy (non-hydrogen) atoms. The molecular formula is C15H18ClN3O2S. The third kappa shape index (κ3) is 4.35. The van der Waals surface area contributed by atoms with Crippen LogP contribution in [0.1, 0.15) is 23.5 Å². The van der Waals surface area contributed by atoms with Crippen LogP contribution in [-0.2, 0) is 0 Å². The number of aryl methyl sites for hydroxylation is 1. The molecule has 2 rings (SSSR count). The first-order valence-corrected chi connectivity index (χ1v) is 8.05. The molecule has 1 aromatic carbocycles. The van der Waals surface area contributed by atoms with E-state index in [0.717, 1.165) is 10.7 Å². The fourth-order valence-corrected chi connectivity index (χ4v) is 2.90. The molecule has 0 saturated heterocycles. The number of hydrogen-bond donors (Lipinski definition) is 2. The number of thiazole rings is 1. The standard InChI is InChI=1S/C15H18ClN3O2S/c1-9(14-18-10(2)8-22-14)7-17-15(20)19-13-5-4-11(21-3)6-12(13)16/h4-6,8-9H,7H2,1-3H3,(H2,17,19,20)/t9-/m1/s1. The predicted octanol–water partition coefficient (Wildman–Crippen LogP) is 4.04. The zero-order chi connectivity index (χ0) is 16.1. The van der Waals surface area contributed by atoms with Gasteiger partial charge < -0.3 is 15.4 Å². The van der Waals surface area contributed by atoms with E-state index >= 15 is 0 Å². The van der Waals surface area contributed by atoms with Crippen LogP contribution in [0, 0.1) is 6.92 Å². The number of benzene rings is 1. The highest BCUT2D eigenvalue weighted by Crippen LogP contribution is 2.26. The summed E-state index contributed by atoms with van der Waals surface area (Å²) in [5.41, 5.74) is 1.54. The number of halogens is 1. The molecule has 118 valence electrons. The van der Waals surface area contributed by atoms with Crippen LogP contribution in [0.15, 0.2) is 23.6 Å². The number of amides is 2. The summed E-state index contributed by atoms with van der Waals surface area (Å²) in [5.74, 6) is 0.805. The number of nitrogens with one attached hydrogen (secondary N) is 2. The summed E-state index contributed by atoms with van der Waals surface area (Å²) in [6.45, 7) is 4.49. The van der Waals surface area contributed by atoms with Crippen LogP contribution in [0.5, 0.6) is 5.75 Å². The first-order valence-electron chi connectivity index (χ1n) is 6.80. The Kier molecular flexibility index (Phi) is 5.63. The Labute approximate surface area is 138 Å². The van der Waals surface area contributed by atoms with E-state index < -0.39 is 0 Å². The van der Waals surface area contributed by atoms with E-state index in [0.29, 0.717) is 23.0 Å². The lowest BCUT2D eigenvalue weighted by molar-refractivity contribution is 0.251. The minimum absolute atomic E-state index is 0.163. The van der Waals surface area contributed by atoms with Crippen molar-refractivity contribution in [1.82, 2.24) is 10.3 Å². The van der Waals surface area contributed by atoms with Gasteiger partial charge in [0.1, 0.15) is 5.75 Å². The van der Waals surface area contributed by atoms with E-state index in [4.69, 9.17) is 16.3 Å². The van der Waals surface area contributed by atoms with Crippen molar-refractivity contribution in [1.29, 1.82) is 0 Å². The number of rotatable bonds is 5. The fraction of sp³-hybridized carbons (Fsp3) is 0.333. The van der Waals surface area contributed by atoms with E-state index in [-0.39, 0.29) is 11.9 Å². The molecule has 0 fully saturated rings.